The molecule has 2 amide bonds. The molecule has 2 atom stereocenters. The summed E-state index contributed by atoms with van der Waals surface area (Å²) in [7, 11) is 1.60. The maximum Gasteiger partial charge on any atom is 0.314 e. The molecule has 2 aromatic rings. The number of anilines is 1. The van der Waals surface area contributed by atoms with Crippen molar-refractivity contribution < 1.29 is 4.79 Å². The molecule has 1 aliphatic heterocycles. The van der Waals surface area contributed by atoms with Crippen LogP contribution in [0.2, 0.25) is 10.0 Å². The van der Waals surface area contributed by atoms with Crippen molar-refractivity contribution in [2.24, 2.45) is 0 Å². The zero-order valence-corrected chi connectivity index (χ0v) is 17.4. The van der Waals surface area contributed by atoms with Crippen molar-refractivity contribution >= 4 is 35.1 Å². The summed E-state index contributed by atoms with van der Waals surface area (Å²) < 4.78 is 0. The van der Waals surface area contributed by atoms with Crippen molar-refractivity contribution in [3.05, 3.63) is 52.1 Å². The van der Waals surface area contributed by atoms with E-state index in [9.17, 15) is 4.79 Å². The fourth-order valence-corrected chi connectivity index (χ4v) is 3.87. The number of amides is 2. The number of halogens is 2. The summed E-state index contributed by atoms with van der Waals surface area (Å²) in [5.41, 5.74) is 1.05. The highest BCUT2D eigenvalue weighted by Crippen LogP contribution is 2.44. The number of aromatic nitrogens is 2. The standard InChI is InChI=1S/C11H12Cl2N2O.C9H13N3/c1-14-11(16)15-10-5-8(10)7-3-2-6(12)4-9(7)13;1-2-7-12(8-3-1)9-5-4-6-10-11-9/h2-4,8,10H,5H2,1H3,(H2,14,15,16);4-6H,1-3,7-8H2. The van der Waals surface area contributed by atoms with Crippen LogP contribution in [-0.2, 0) is 0 Å². The summed E-state index contributed by atoms with van der Waals surface area (Å²) in [6.45, 7) is 2.28. The summed E-state index contributed by atoms with van der Waals surface area (Å²) >= 11 is 11.9. The summed E-state index contributed by atoms with van der Waals surface area (Å²) in [5.74, 6) is 1.33. The Bertz CT molecular complexity index is 783. The number of nitrogens with one attached hydrogen (secondary N) is 2. The van der Waals surface area contributed by atoms with Gasteiger partial charge in [0.25, 0.3) is 0 Å². The topological polar surface area (TPSA) is 70.1 Å². The molecular weight excluding hydrogens is 397 g/mol. The van der Waals surface area contributed by atoms with Gasteiger partial charge in [-0.05, 0) is 55.5 Å². The maximum absolute atomic E-state index is 11.1. The third-order valence-corrected chi connectivity index (χ3v) is 5.50. The molecule has 8 heteroatoms. The third-order valence-electron chi connectivity index (χ3n) is 4.93. The number of rotatable bonds is 3. The molecule has 0 radical (unpaired) electrons. The van der Waals surface area contributed by atoms with Gasteiger partial charge >= 0.3 is 6.03 Å². The van der Waals surface area contributed by atoms with Gasteiger partial charge in [0.15, 0.2) is 5.82 Å². The van der Waals surface area contributed by atoms with Crippen molar-refractivity contribution in [2.75, 3.05) is 25.0 Å². The van der Waals surface area contributed by atoms with Crippen molar-refractivity contribution in [2.45, 2.75) is 37.6 Å². The van der Waals surface area contributed by atoms with Gasteiger partial charge in [0.1, 0.15) is 0 Å². The van der Waals surface area contributed by atoms with E-state index in [1.807, 2.05) is 24.3 Å². The van der Waals surface area contributed by atoms with Crippen LogP contribution in [0.5, 0.6) is 0 Å². The van der Waals surface area contributed by atoms with Crippen LogP contribution in [0.15, 0.2) is 36.5 Å². The largest absolute Gasteiger partial charge is 0.355 e. The number of urea groups is 1. The molecule has 6 nitrogen and oxygen atoms in total. The van der Waals surface area contributed by atoms with E-state index in [0.29, 0.717) is 16.0 Å². The van der Waals surface area contributed by atoms with E-state index in [1.165, 1.54) is 19.3 Å². The van der Waals surface area contributed by atoms with Crippen molar-refractivity contribution in [1.29, 1.82) is 0 Å². The number of piperidine rings is 1. The minimum absolute atomic E-state index is 0.155. The average molecular weight is 422 g/mol. The molecular formula is C20H25Cl2N5O. The fraction of sp³-hybridized carbons (Fsp3) is 0.450. The lowest BCUT2D eigenvalue weighted by molar-refractivity contribution is 0.242. The van der Waals surface area contributed by atoms with E-state index in [4.69, 9.17) is 23.2 Å². The molecule has 1 aliphatic carbocycles. The van der Waals surface area contributed by atoms with Gasteiger partial charge in [0.2, 0.25) is 0 Å². The Morgan fingerprint density at radius 1 is 1.18 bits per heavy atom. The summed E-state index contributed by atoms with van der Waals surface area (Å²) in [4.78, 5) is 13.4. The quantitative estimate of drug-likeness (QED) is 0.776. The fourth-order valence-electron chi connectivity index (χ4n) is 3.33. The monoisotopic (exact) mass is 421 g/mol. The van der Waals surface area contributed by atoms with Crippen LogP contribution in [0.25, 0.3) is 0 Å². The van der Waals surface area contributed by atoms with Crippen molar-refractivity contribution in [3.8, 4) is 0 Å². The van der Waals surface area contributed by atoms with E-state index in [0.717, 1.165) is 30.9 Å². The van der Waals surface area contributed by atoms with E-state index < -0.39 is 0 Å². The second-order valence-corrected chi connectivity index (χ2v) is 7.81. The van der Waals surface area contributed by atoms with Gasteiger partial charge in [-0.1, -0.05) is 29.3 Å². The Morgan fingerprint density at radius 3 is 2.61 bits per heavy atom. The van der Waals surface area contributed by atoms with Crippen LogP contribution in [0, 0.1) is 0 Å². The number of carbonyl (C=O) groups is 1. The van der Waals surface area contributed by atoms with Gasteiger partial charge in [-0.2, -0.15) is 5.10 Å². The molecule has 0 bridgehead atoms. The summed E-state index contributed by atoms with van der Waals surface area (Å²) in [5, 5.41) is 14.6. The molecule has 4 rings (SSSR count). The SMILES string of the molecule is CNC(=O)NC1CC1c1ccc(Cl)cc1Cl.c1cnnc(N2CCCCC2)c1. The Morgan fingerprint density at radius 2 is 1.96 bits per heavy atom. The molecule has 2 aliphatic rings. The Balaban J connectivity index is 0.000000167. The Hall–Kier alpha value is -2.05. The van der Waals surface area contributed by atoms with Crippen LogP contribution in [0.3, 0.4) is 0 Å². The number of hydrogen-bond acceptors (Lipinski definition) is 4. The summed E-state index contributed by atoms with van der Waals surface area (Å²) in [6.07, 6.45) is 6.58. The second kappa shape index (κ2) is 9.94. The molecule has 1 saturated heterocycles. The first-order valence-electron chi connectivity index (χ1n) is 9.54. The van der Waals surface area contributed by atoms with Gasteiger partial charge in [-0.3, -0.25) is 0 Å². The molecule has 2 unspecified atom stereocenters. The van der Waals surface area contributed by atoms with Gasteiger partial charge in [-0.25, -0.2) is 4.79 Å². The van der Waals surface area contributed by atoms with Gasteiger partial charge < -0.3 is 15.5 Å². The van der Waals surface area contributed by atoms with Gasteiger partial charge in [0.05, 0.1) is 0 Å². The Labute approximate surface area is 175 Å². The highest BCUT2D eigenvalue weighted by molar-refractivity contribution is 6.35. The second-order valence-electron chi connectivity index (χ2n) is 6.97. The molecule has 1 saturated carbocycles. The minimum atomic E-state index is -0.155. The number of hydrogen-bond donors (Lipinski definition) is 2. The van der Waals surface area contributed by atoms with E-state index in [1.54, 1.807) is 19.3 Å². The first kappa shape index (κ1) is 20.7. The molecule has 150 valence electrons. The molecule has 1 aromatic heterocycles. The maximum atomic E-state index is 11.1. The first-order valence-corrected chi connectivity index (χ1v) is 10.3. The van der Waals surface area contributed by atoms with Crippen molar-refractivity contribution in [3.63, 3.8) is 0 Å². The van der Waals surface area contributed by atoms with E-state index >= 15 is 0 Å². The predicted octanol–water partition coefficient (Wildman–Crippen LogP) is 4.25. The zero-order chi connectivity index (χ0) is 19.9. The molecule has 1 aromatic carbocycles. The number of carbonyl (C=O) groups excluding carboxylic acids is 1. The molecule has 2 N–H and O–H groups in total. The lowest BCUT2D eigenvalue weighted by Gasteiger charge is -2.26. The number of nitrogens with zero attached hydrogens (tertiary/aromatic N) is 3. The normalized spacial score (nSPS) is 20.6. The molecule has 0 spiro atoms. The molecule has 28 heavy (non-hydrogen) atoms. The molecule has 2 fully saturated rings. The highest BCUT2D eigenvalue weighted by Gasteiger charge is 2.40. The number of benzene rings is 1. The lowest BCUT2D eigenvalue weighted by atomic mass is 10.1. The van der Waals surface area contributed by atoms with E-state index in [-0.39, 0.29) is 12.1 Å². The predicted molar refractivity (Wildman–Crippen MR) is 113 cm³/mol. The summed E-state index contributed by atoms with van der Waals surface area (Å²) in [6, 6.07) is 9.46. The van der Waals surface area contributed by atoms with Gasteiger partial charge in [-0.15, -0.1) is 5.10 Å². The minimum Gasteiger partial charge on any atom is -0.355 e. The third kappa shape index (κ3) is 5.72. The van der Waals surface area contributed by atoms with Crippen LogP contribution in [-0.4, -0.2) is 42.4 Å². The van der Waals surface area contributed by atoms with Crippen LogP contribution < -0.4 is 15.5 Å². The average Bonchev–Trinajstić information content (AvgIpc) is 3.48. The van der Waals surface area contributed by atoms with E-state index in [2.05, 4.69) is 25.7 Å². The highest BCUT2D eigenvalue weighted by atomic mass is 35.5. The first-order chi connectivity index (χ1) is 13.6. The van der Waals surface area contributed by atoms with Crippen molar-refractivity contribution in [1.82, 2.24) is 20.8 Å². The Kier molecular flexibility index (Phi) is 7.34. The van der Waals surface area contributed by atoms with Gasteiger partial charge in [0, 0.05) is 48.3 Å². The van der Waals surface area contributed by atoms with Crippen LogP contribution in [0.1, 0.15) is 37.2 Å². The van der Waals surface area contributed by atoms with Crippen LogP contribution in [0.4, 0.5) is 10.6 Å². The zero-order valence-electron chi connectivity index (χ0n) is 15.9. The smallest absolute Gasteiger partial charge is 0.314 e. The lowest BCUT2D eigenvalue weighted by Crippen LogP contribution is -2.34. The molecule has 2 heterocycles. The van der Waals surface area contributed by atoms with Crippen LogP contribution >= 0.6 is 23.2 Å².